The van der Waals surface area contributed by atoms with E-state index in [0.29, 0.717) is 10.9 Å². The number of guanidine groups is 1. The molecule has 0 saturated carbocycles. The number of nitrogens with two attached hydrogens (primary N) is 1. The molecule has 104 valence electrons. The van der Waals surface area contributed by atoms with Gasteiger partial charge in [-0.15, -0.1) is 0 Å². The average molecular weight is 272 g/mol. The Balaban J connectivity index is 2.10. The molecule has 0 amide bonds. The van der Waals surface area contributed by atoms with Crippen molar-refractivity contribution < 1.29 is 10.2 Å². The Morgan fingerprint density at radius 2 is 2.20 bits per heavy atom. The van der Waals surface area contributed by atoms with E-state index in [0.717, 1.165) is 24.9 Å². The molecule has 0 unspecified atom stereocenters. The second-order valence-corrected chi connectivity index (χ2v) is 5.01. The van der Waals surface area contributed by atoms with Crippen molar-refractivity contribution >= 4 is 16.9 Å². The molecule has 2 heterocycles. The lowest BCUT2D eigenvalue weighted by Gasteiger charge is -2.25. The number of hydrogen-bond acceptors (Lipinski definition) is 4. The van der Waals surface area contributed by atoms with Crippen molar-refractivity contribution in [2.75, 3.05) is 6.54 Å². The van der Waals surface area contributed by atoms with Gasteiger partial charge in [0.2, 0.25) is 0 Å². The third-order valence-corrected chi connectivity index (χ3v) is 3.76. The molecule has 2 aromatic rings. The zero-order valence-electron chi connectivity index (χ0n) is 10.9. The number of fused-ring (bicyclic) bond motifs is 1. The number of hydrogen-bond donors (Lipinski definition) is 4. The summed E-state index contributed by atoms with van der Waals surface area (Å²) in [7, 11) is 0. The van der Waals surface area contributed by atoms with Crippen LogP contribution in [-0.2, 0) is 0 Å². The molecule has 0 bridgehead atoms. The predicted octanol–water partition coefficient (Wildman–Crippen LogP) is 1.68. The van der Waals surface area contributed by atoms with Gasteiger partial charge in [0.25, 0.3) is 0 Å². The number of nitrogens with zero attached hydrogens (tertiary/aromatic N) is 2. The number of pyridine rings is 1. The largest absolute Gasteiger partial charge is 0.506 e. The zero-order valence-corrected chi connectivity index (χ0v) is 10.9. The molecule has 1 aliphatic rings. The lowest BCUT2D eigenvalue weighted by atomic mass is 10.0. The van der Waals surface area contributed by atoms with E-state index >= 15 is 0 Å². The second kappa shape index (κ2) is 4.56. The molecule has 1 aromatic heterocycles. The Morgan fingerprint density at radius 3 is 2.95 bits per heavy atom. The molecule has 3 rings (SSSR count). The summed E-state index contributed by atoms with van der Waals surface area (Å²) in [5.74, 6) is 0.183. The van der Waals surface area contributed by atoms with Crippen LogP contribution in [0.2, 0.25) is 0 Å². The van der Waals surface area contributed by atoms with Crippen LogP contribution in [0, 0.1) is 5.41 Å². The van der Waals surface area contributed by atoms with Gasteiger partial charge in [0.1, 0.15) is 17.0 Å². The fourth-order valence-corrected chi connectivity index (χ4v) is 2.84. The molecule has 20 heavy (non-hydrogen) atoms. The standard InChI is InChI=1S/C14H16N4O2/c15-14(16)18-5-1-2-11(18)10-4-3-8-6-9(19)7-17-12(8)13(10)20/h3-4,6-7,11,19-20H,1-2,5H2,(H3,15,16)/t11-/m0/s1. The topological polar surface area (TPSA) is 106 Å². The van der Waals surface area contributed by atoms with Crippen molar-refractivity contribution in [1.82, 2.24) is 9.88 Å². The van der Waals surface area contributed by atoms with Crippen LogP contribution in [0.25, 0.3) is 10.9 Å². The number of phenols is 1. The number of nitrogens with one attached hydrogen (secondary N) is 1. The van der Waals surface area contributed by atoms with Gasteiger partial charge in [0.05, 0.1) is 12.2 Å². The van der Waals surface area contributed by atoms with Crippen LogP contribution < -0.4 is 5.73 Å². The van der Waals surface area contributed by atoms with Gasteiger partial charge in [-0.25, -0.2) is 4.98 Å². The molecular formula is C14H16N4O2. The molecule has 1 aliphatic heterocycles. The van der Waals surface area contributed by atoms with Gasteiger partial charge in [0.15, 0.2) is 5.96 Å². The van der Waals surface area contributed by atoms with Gasteiger partial charge in [-0.05, 0) is 18.9 Å². The van der Waals surface area contributed by atoms with Gasteiger partial charge in [-0.2, -0.15) is 0 Å². The third-order valence-electron chi connectivity index (χ3n) is 3.76. The maximum Gasteiger partial charge on any atom is 0.188 e. The van der Waals surface area contributed by atoms with E-state index in [1.807, 2.05) is 12.1 Å². The van der Waals surface area contributed by atoms with Crippen molar-refractivity contribution in [2.24, 2.45) is 5.73 Å². The van der Waals surface area contributed by atoms with Crippen LogP contribution in [0.4, 0.5) is 0 Å². The highest BCUT2D eigenvalue weighted by atomic mass is 16.3. The molecule has 1 aromatic carbocycles. The van der Waals surface area contributed by atoms with Crippen LogP contribution in [-0.4, -0.2) is 32.6 Å². The summed E-state index contributed by atoms with van der Waals surface area (Å²) in [5.41, 5.74) is 6.77. The summed E-state index contributed by atoms with van der Waals surface area (Å²) in [6.07, 6.45) is 3.09. The smallest absolute Gasteiger partial charge is 0.188 e. The Bertz CT molecular complexity index is 686. The van der Waals surface area contributed by atoms with Gasteiger partial charge >= 0.3 is 0 Å². The van der Waals surface area contributed by atoms with E-state index in [9.17, 15) is 10.2 Å². The van der Waals surface area contributed by atoms with Gasteiger partial charge < -0.3 is 20.8 Å². The highest BCUT2D eigenvalue weighted by Gasteiger charge is 2.29. The normalized spacial score (nSPS) is 18.6. The Kier molecular flexibility index (Phi) is 2.85. The van der Waals surface area contributed by atoms with E-state index < -0.39 is 0 Å². The highest BCUT2D eigenvalue weighted by Crippen LogP contribution is 2.39. The maximum absolute atomic E-state index is 10.4. The summed E-state index contributed by atoms with van der Waals surface area (Å²) in [4.78, 5) is 5.86. The number of likely N-dealkylation sites (tertiary alicyclic amines) is 1. The van der Waals surface area contributed by atoms with E-state index in [2.05, 4.69) is 4.98 Å². The quantitative estimate of drug-likeness (QED) is 0.467. The molecule has 6 heteroatoms. The summed E-state index contributed by atoms with van der Waals surface area (Å²) >= 11 is 0. The van der Waals surface area contributed by atoms with Crippen molar-refractivity contribution in [3.63, 3.8) is 0 Å². The van der Waals surface area contributed by atoms with Gasteiger partial charge in [0, 0.05) is 17.5 Å². The number of aromatic hydroxyl groups is 2. The van der Waals surface area contributed by atoms with E-state index in [1.54, 1.807) is 11.0 Å². The summed E-state index contributed by atoms with van der Waals surface area (Å²) in [5, 5.41) is 28.1. The van der Waals surface area contributed by atoms with Crippen molar-refractivity contribution in [1.29, 1.82) is 5.41 Å². The van der Waals surface area contributed by atoms with Crippen LogP contribution in [0.15, 0.2) is 24.4 Å². The van der Waals surface area contributed by atoms with E-state index in [1.165, 1.54) is 6.20 Å². The maximum atomic E-state index is 10.4. The molecule has 1 fully saturated rings. The first-order valence-electron chi connectivity index (χ1n) is 6.49. The minimum Gasteiger partial charge on any atom is -0.506 e. The Morgan fingerprint density at radius 1 is 1.40 bits per heavy atom. The average Bonchev–Trinajstić information content (AvgIpc) is 2.88. The fraction of sp³-hybridized carbons (Fsp3) is 0.286. The van der Waals surface area contributed by atoms with Crippen molar-refractivity contribution in [3.8, 4) is 11.5 Å². The second-order valence-electron chi connectivity index (χ2n) is 5.01. The summed E-state index contributed by atoms with van der Waals surface area (Å²) < 4.78 is 0. The lowest BCUT2D eigenvalue weighted by Crippen LogP contribution is -2.35. The van der Waals surface area contributed by atoms with Gasteiger partial charge in [-0.1, -0.05) is 12.1 Å². The van der Waals surface area contributed by atoms with Crippen molar-refractivity contribution in [3.05, 3.63) is 30.0 Å². The minimum atomic E-state index is -0.0903. The van der Waals surface area contributed by atoms with Crippen LogP contribution in [0.3, 0.4) is 0 Å². The van der Waals surface area contributed by atoms with E-state index in [-0.39, 0.29) is 23.5 Å². The van der Waals surface area contributed by atoms with Crippen LogP contribution >= 0.6 is 0 Å². The minimum absolute atomic E-state index is 0.0191. The Hall–Kier alpha value is -2.50. The van der Waals surface area contributed by atoms with Crippen LogP contribution in [0.5, 0.6) is 11.5 Å². The third kappa shape index (κ3) is 1.89. The number of phenolic OH excluding ortho intramolecular Hbond substituents is 1. The first kappa shape index (κ1) is 12.5. The molecule has 1 atom stereocenters. The molecule has 0 spiro atoms. The van der Waals surface area contributed by atoms with Crippen LogP contribution in [0.1, 0.15) is 24.4 Å². The predicted molar refractivity (Wildman–Crippen MR) is 75.7 cm³/mol. The SMILES string of the molecule is N=C(N)N1CCC[C@H]1c1ccc2cc(O)cnc2c1O. The number of benzene rings is 1. The zero-order chi connectivity index (χ0) is 14.3. The van der Waals surface area contributed by atoms with E-state index in [4.69, 9.17) is 11.1 Å². The monoisotopic (exact) mass is 272 g/mol. The molecule has 0 radical (unpaired) electrons. The summed E-state index contributed by atoms with van der Waals surface area (Å²) in [6.45, 7) is 0.723. The fourth-order valence-electron chi connectivity index (χ4n) is 2.84. The molecule has 0 aliphatic carbocycles. The first-order valence-corrected chi connectivity index (χ1v) is 6.49. The molecule has 6 nitrogen and oxygen atoms in total. The lowest BCUT2D eigenvalue weighted by molar-refractivity contribution is 0.376. The highest BCUT2D eigenvalue weighted by molar-refractivity contribution is 5.87. The molecule has 5 N–H and O–H groups in total. The number of rotatable bonds is 1. The van der Waals surface area contributed by atoms with Crippen molar-refractivity contribution in [2.45, 2.75) is 18.9 Å². The molecular weight excluding hydrogens is 256 g/mol. The van der Waals surface area contributed by atoms with Gasteiger partial charge in [-0.3, -0.25) is 5.41 Å². The summed E-state index contributed by atoms with van der Waals surface area (Å²) in [6, 6.07) is 5.09. The molecule has 1 saturated heterocycles. The first-order chi connectivity index (χ1) is 9.58. The Labute approximate surface area is 116 Å². The number of aromatic nitrogens is 1.